The lowest BCUT2D eigenvalue weighted by Crippen LogP contribution is -2.23. The van der Waals surface area contributed by atoms with Crippen molar-refractivity contribution in [2.45, 2.75) is 31.8 Å². The molecule has 0 aromatic heterocycles. The average molecular weight is 503 g/mol. The van der Waals surface area contributed by atoms with Crippen LogP contribution >= 0.6 is 15.9 Å². The van der Waals surface area contributed by atoms with E-state index in [1.54, 1.807) is 12.1 Å². The summed E-state index contributed by atoms with van der Waals surface area (Å²) < 4.78 is 27.9. The van der Waals surface area contributed by atoms with Gasteiger partial charge in [0.25, 0.3) is 0 Å². The number of benzene rings is 4. The Kier molecular flexibility index (Phi) is 6.68. The molecule has 0 amide bonds. The first kappa shape index (κ1) is 22.0. The van der Waals surface area contributed by atoms with Gasteiger partial charge < -0.3 is 9.47 Å². The second kappa shape index (κ2) is 10.0. The van der Waals surface area contributed by atoms with Gasteiger partial charge in [-0.3, -0.25) is 0 Å². The molecular formula is C29H24BrFO2. The third-order valence-electron chi connectivity index (χ3n) is 6.03. The fourth-order valence-electron chi connectivity index (χ4n) is 4.51. The van der Waals surface area contributed by atoms with Crippen molar-refractivity contribution in [1.82, 2.24) is 0 Å². The Balaban J connectivity index is 1.44. The van der Waals surface area contributed by atoms with Crippen LogP contribution in [-0.2, 0) is 29.3 Å². The summed E-state index contributed by atoms with van der Waals surface area (Å²) in [5.41, 5.74) is 6.26. The lowest BCUT2D eigenvalue weighted by atomic mass is 9.79. The van der Waals surface area contributed by atoms with E-state index in [-0.39, 0.29) is 17.8 Å². The number of ether oxygens (including phenoxy) is 2. The minimum atomic E-state index is -0.287. The van der Waals surface area contributed by atoms with E-state index in [2.05, 4.69) is 46.3 Å². The molecule has 0 saturated carbocycles. The molecule has 33 heavy (non-hydrogen) atoms. The minimum absolute atomic E-state index is 0.0251. The molecule has 1 heterocycles. The maximum Gasteiger partial charge on any atom is 0.123 e. The third-order valence-corrected chi connectivity index (χ3v) is 6.56. The molecule has 1 aliphatic heterocycles. The van der Waals surface area contributed by atoms with Crippen molar-refractivity contribution < 1.29 is 13.9 Å². The topological polar surface area (TPSA) is 18.5 Å². The summed E-state index contributed by atoms with van der Waals surface area (Å²) in [6.45, 7) is 1.33. The van der Waals surface area contributed by atoms with Crippen LogP contribution in [0.25, 0.3) is 0 Å². The Morgan fingerprint density at radius 2 is 1.52 bits per heavy atom. The van der Waals surface area contributed by atoms with Gasteiger partial charge >= 0.3 is 0 Å². The zero-order valence-corrected chi connectivity index (χ0v) is 19.7. The van der Waals surface area contributed by atoms with Gasteiger partial charge in [-0.1, -0.05) is 88.7 Å². The monoisotopic (exact) mass is 502 g/mol. The minimum Gasteiger partial charge on any atom is -0.372 e. The number of hydrogen-bond donors (Lipinski definition) is 0. The Labute approximate surface area is 202 Å². The highest BCUT2D eigenvalue weighted by Crippen LogP contribution is 2.45. The third kappa shape index (κ3) is 5.09. The number of halogens is 2. The zero-order valence-electron chi connectivity index (χ0n) is 18.1. The molecule has 4 heteroatoms. The van der Waals surface area contributed by atoms with Gasteiger partial charge in [-0.2, -0.15) is 0 Å². The maximum atomic E-state index is 14.7. The summed E-state index contributed by atoms with van der Waals surface area (Å²) in [7, 11) is 0. The Morgan fingerprint density at radius 1 is 0.788 bits per heavy atom. The second-order valence-electron chi connectivity index (χ2n) is 8.33. The molecule has 0 aliphatic carbocycles. The van der Waals surface area contributed by atoms with Gasteiger partial charge in [0, 0.05) is 10.4 Å². The van der Waals surface area contributed by atoms with Crippen molar-refractivity contribution in [3.8, 4) is 0 Å². The standard InChI is InChI=1S/C29H24BrFO2/c30-25-12-10-22(11-13-25)28-27-9-5-4-8-23(27)19-33-29(28)24-14-21(15-26(31)16-24)18-32-17-20-6-2-1-3-7-20/h1-16,28-29H,17-19H2. The van der Waals surface area contributed by atoms with Gasteiger partial charge in [-0.15, -0.1) is 0 Å². The molecule has 4 aromatic rings. The van der Waals surface area contributed by atoms with E-state index < -0.39 is 0 Å². The van der Waals surface area contributed by atoms with E-state index in [0.717, 1.165) is 26.7 Å². The summed E-state index contributed by atoms with van der Waals surface area (Å²) in [6.07, 6.45) is -0.287. The summed E-state index contributed by atoms with van der Waals surface area (Å²) in [6, 6.07) is 31.8. The van der Waals surface area contributed by atoms with Crippen molar-refractivity contribution in [3.63, 3.8) is 0 Å². The average Bonchev–Trinajstić information content (AvgIpc) is 2.84. The highest BCUT2D eigenvalue weighted by molar-refractivity contribution is 9.10. The molecule has 2 nitrogen and oxygen atoms in total. The van der Waals surface area contributed by atoms with E-state index in [4.69, 9.17) is 9.47 Å². The summed E-state index contributed by atoms with van der Waals surface area (Å²) >= 11 is 3.53. The van der Waals surface area contributed by atoms with Crippen molar-refractivity contribution in [1.29, 1.82) is 0 Å². The quantitative estimate of drug-likeness (QED) is 0.268. The van der Waals surface area contributed by atoms with Crippen LogP contribution in [0.5, 0.6) is 0 Å². The van der Waals surface area contributed by atoms with Crippen molar-refractivity contribution in [3.05, 3.63) is 141 Å². The van der Waals surface area contributed by atoms with E-state index in [1.807, 2.05) is 54.6 Å². The second-order valence-corrected chi connectivity index (χ2v) is 9.25. The largest absolute Gasteiger partial charge is 0.372 e. The van der Waals surface area contributed by atoms with Crippen LogP contribution < -0.4 is 0 Å². The van der Waals surface area contributed by atoms with Gasteiger partial charge in [-0.25, -0.2) is 4.39 Å². The first-order valence-corrected chi connectivity index (χ1v) is 11.8. The van der Waals surface area contributed by atoms with Crippen LogP contribution in [0.2, 0.25) is 0 Å². The van der Waals surface area contributed by atoms with Crippen LogP contribution in [0, 0.1) is 5.82 Å². The van der Waals surface area contributed by atoms with E-state index in [0.29, 0.717) is 19.8 Å². The van der Waals surface area contributed by atoms with Crippen molar-refractivity contribution in [2.75, 3.05) is 0 Å². The summed E-state index contributed by atoms with van der Waals surface area (Å²) in [5.74, 6) is -0.300. The zero-order chi connectivity index (χ0) is 22.6. The van der Waals surface area contributed by atoms with Crippen molar-refractivity contribution >= 4 is 15.9 Å². The molecule has 166 valence electrons. The van der Waals surface area contributed by atoms with E-state index in [9.17, 15) is 4.39 Å². The van der Waals surface area contributed by atoms with Gasteiger partial charge in [0.1, 0.15) is 5.82 Å². The molecule has 0 saturated heterocycles. The van der Waals surface area contributed by atoms with Crippen LogP contribution in [0.1, 0.15) is 45.4 Å². The first-order chi connectivity index (χ1) is 16.2. The normalized spacial score (nSPS) is 17.5. The number of hydrogen-bond acceptors (Lipinski definition) is 2. The lowest BCUT2D eigenvalue weighted by Gasteiger charge is -2.35. The SMILES string of the molecule is Fc1cc(COCc2ccccc2)cc(C2OCc3ccccc3C2c2ccc(Br)cc2)c1. The fourth-order valence-corrected chi connectivity index (χ4v) is 4.77. The number of rotatable bonds is 6. The van der Waals surface area contributed by atoms with Crippen molar-refractivity contribution in [2.24, 2.45) is 0 Å². The first-order valence-electron chi connectivity index (χ1n) is 11.0. The highest BCUT2D eigenvalue weighted by Gasteiger charge is 2.33. The molecule has 2 atom stereocenters. The molecule has 4 aromatic carbocycles. The molecule has 0 fully saturated rings. The maximum absolute atomic E-state index is 14.7. The summed E-state index contributed by atoms with van der Waals surface area (Å²) in [4.78, 5) is 0. The molecule has 0 radical (unpaired) electrons. The van der Waals surface area contributed by atoms with E-state index >= 15 is 0 Å². The highest BCUT2D eigenvalue weighted by atomic mass is 79.9. The molecule has 0 spiro atoms. The predicted molar refractivity (Wildman–Crippen MR) is 131 cm³/mol. The Bertz CT molecular complexity index is 1220. The van der Waals surface area contributed by atoms with Gasteiger partial charge in [-0.05, 0) is 57.6 Å². The fraction of sp³-hybridized carbons (Fsp3) is 0.172. The van der Waals surface area contributed by atoms with Crippen LogP contribution in [0.15, 0.2) is 102 Å². The van der Waals surface area contributed by atoms with Gasteiger partial charge in [0.05, 0.1) is 25.9 Å². The van der Waals surface area contributed by atoms with Crippen LogP contribution in [0.4, 0.5) is 4.39 Å². The molecule has 2 unspecified atom stereocenters. The summed E-state index contributed by atoms with van der Waals surface area (Å²) in [5, 5.41) is 0. The molecule has 0 bridgehead atoms. The smallest absolute Gasteiger partial charge is 0.123 e. The Hall–Kier alpha value is -2.79. The van der Waals surface area contributed by atoms with Crippen LogP contribution in [-0.4, -0.2) is 0 Å². The van der Waals surface area contributed by atoms with Crippen LogP contribution in [0.3, 0.4) is 0 Å². The molecule has 1 aliphatic rings. The van der Waals surface area contributed by atoms with E-state index in [1.165, 1.54) is 11.1 Å². The molecule has 5 rings (SSSR count). The Morgan fingerprint density at radius 3 is 2.33 bits per heavy atom. The predicted octanol–water partition coefficient (Wildman–Crippen LogP) is 7.71. The number of fused-ring (bicyclic) bond motifs is 1. The van der Waals surface area contributed by atoms with Gasteiger partial charge in [0.15, 0.2) is 0 Å². The van der Waals surface area contributed by atoms with Gasteiger partial charge in [0.2, 0.25) is 0 Å². The molecule has 0 N–H and O–H groups in total. The molecular weight excluding hydrogens is 479 g/mol. The lowest BCUT2D eigenvalue weighted by molar-refractivity contribution is 0.0145.